The third-order valence-electron chi connectivity index (χ3n) is 3.91. The molecule has 1 aliphatic rings. The zero-order valence-electron chi connectivity index (χ0n) is 14.3. The van der Waals surface area contributed by atoms with Gasteiger partial charge in [-0.15, -0.1) is 0 Å². The predicted molar refractivity (Wildman–Crippen MR) is 108 cm³/mol. The molecule has 0 spiro atoms. The molecule has 0 bridgehead atoms. The standard InChI is InChI=1S/C18H12Cl2N2O5S/c1-27-16-11(3-2-4-14(16)22(25)26)8-15-17(23)21(18(24)28-15)9-10-5-6-12(19)13(20)7-10/h2-8H,9H2,1H3/b15-8-. The average molecular weight is 439 g/mol. The molecule has 10 heteroatoms. The summed E-state index contributed by atoms with van der Waals surface area (Å²) in [4.78, 5) is 36.8. The van der Waals surface area contributed by atoms with Crippen LogP contribution >= 0.6 is 35.0 Å². The van der Waals surface area contributed by atoms with E-state index in [2.05, 4.69) is 0 Å². The van der Waals surface area contributed by atoms with E-state index in [1.54, 1.807) is 24.3 Å². The van der Waals surface area contributed by atoms with Crippen molar-refractivity contribution < 1.29 is 19.2 Å². The number of nitro groups is 1. The van der Waals surface area contributed by atoms with E-state index >= 15 is 0 Å². The van der Waals surface area contributed by atoms with E-state index in [0.717, 1.165) is 16.7 Å². The van der Waals surface area contributed by atoms with Crippen LogP contribution in [0.4, 0.5) is 10.5 Å². The zero-order valence-corrected chi connectivity index (χ0v) is 16.7. The second kappa shape index (κ2) is 8.22. The first-order valence-electron chi connectivity index (χ1n) is 7.82. The molecule has 1 heterocycles. The van der Waals surface area contributed by atoms with E-state index in [1.165, 1.54) is 25.3 Å². The van der Waals surface area contributed by atoms with Gasteiger partial charge >= 0.3 is 5.69 Å². The van der Waals surface area contributed by atoms with Crippen LogP contribution in [0, 0.1) is 10.1 Å². The van der Waals surface area contributed by atoms with Gasteiger partial charge in [-0.2, -0.15) is 0 Å². The first-order valence-corrected chi connectivity index (χ1v) is 9.39. The molecular formula is C18H12Cl2N2O5S. The van der Waals surface area contributed by atoms with Crippen LogP contribution in [0.15, 0.2) is 41.3 Å². The van der Waals surface area contributed by atoms with Gasteiger partial charge in [0.15, 0.2) is 0 Å². The molecule has 144 valence electrons. The molecule has 0 radical (unpaired) electrons. The molecule has 0 aromatic heterocycles. The Morgan fingerprint density at radius 2 is 1.96 bits per heavy atom. The lowest BCUT2D eigenvalue weighted by atomic mass is 10.1. The maximum absolute atomic E-state index is 12.7. The fraction of sp³-hybridized carbons (Fsp3) is 0.111. The summed E-state index contributed by atoms with van der Waals surface area (Å²) in [6.07, 6.45) is 1.41. The molecule has 0 aliphatic carbocycles. The van der Waals surface area contributed by atoms with E-state index < -0.39 is 16.1 Å². The van der Waals surface area contributed by atoms with Crippen LogP contribution in [-0.4, -0.2) is 28.1 Å². The summed E-state index contributed by atoms with van der Waals surface area (Å²) in [6.45, 7) is 0.0327. The van der Waals surface area contributed by atoms with E-state index in [0.29, 0.717) is 21.2 Å². The molecule has 3 rings (SSSR count). The number of rotatable bonds is 5. The van der Waals surface area contributed by atoms with Crippen LogP contribution in [0.2, 0.25) is 10.0 Å². The summed E-state index contributed by atoms with van der Waals surface area (Å²) in [5.74, 6) is -0.488. The number of nitro benzene ring substituents is 1. The number of amides is 2. The van der Waals surface area contributed by atoms with Crippen molar-refractivity contribution in [3.05, 3.63) is 72.6 Å². The number of hydrogen-bond acceptors (Lipinski definition) is 6. The van der Waals surface area contributed by atoms with Gasteiger partial charge in [0.2, 0.25) is 5.75 Å². The monoisotopic (exact) mass is 438 g/mol. The fourth-order valence-corrected chi connectivity index (χ4v) is 3.77. The summed E-state index contributed by atoms with van der Waals surface area (Å²) in [7, 11) is 1.30. The minimum Gasteiger partial charge on any atom is -0.490 e. The molecule has 28 heavy (non-hydrogen) atoms. The van der Waals surface area contributed by atoms with Gasteiger partial charge in [0.05, 0.1) is 33.5 Å². The number of nitrogens with zero attached hydrogens (tertiary/aromatic N) is 2. The number of carbonyl (C=O) groups excluding carboxylic acids is 2. The van der Waals surface area contributed by atoms with E-state index in [-0.39, 0.29) is 22.9 Å². The van der Waals surface area contributed by atoms with Gasteiger partial charge in [-0.05, 0) is 35.5 Å². The molecule has 0 saturated carbocycles. The fourth-order valence-electron chi connectivity index (χ4n) is 2.62. The molecule has 0 atom stereocenters. The topological polar surface area (TPSA) is 89.8 Å². The number of imide groups is 1. The number of carbonyl (C=O) groups is 2. The van der Waals surface area contributed by atoms with Gasteiger partial charge in [-0.1, -0.05) is 41.4 Å². The molecule has 1 saturated heterocycles. The molecule has 2 amide bonds. The molecule has 1 aliphatic heterocycles. The number of halogens is 2. The zero-order chi connectivity index (χ0) is 20.4. The average Bonchev–Trinajstić information content (AvgIpc) is 2.91. The summed E-state index contributed by atoms with van der Waals surface area (Å²) < 4.78 is 5.12. The van der Waals surface area contributed by atoms with Crippen LogP contribution in [0.3, 0.4) is 0 Å². The second-order valence-electron chi connectivity index (χ2n) is 5.67. The number of para-hydroxylation sites is 1. The van der Waals surface area contributed by atoms with Gasteiger partial charge < -0.3 is 4.74 Å². The summed E-state index contributed by atoms with van der Waals surface area (Å²) in [6, 6.07) is 9.19. The van der Waals surface area contributed by atoms with Crippen LogP contribution < -0.4 is 4.74 Å². The van der Waals surface area contributed by atoms with Crippen molar-refractivity contribution in [3.8, 4) is 5.75 Å². The van der Waals surface area contributed by atoms with Gasteiger partial charge in [0.1, 0.15) is 0 Å². The number of hydrogen-bond donors (Lipinski definition) is 0. The number of benzene rings is 2. The molecule has 1 fully saturated rings. The number of ether oxygens (including phenoxy) is 1. The first kappa shape index (κ1) is 20.2. The summed E-state index contributed by atoms with van der Waals surface area (Å²) in [5, 5.41) is 11.4. The largest absolute Gasteiger partial charge is 0.490 e. The molecule has 7 nitrogen and oxygen atoms in total. The Bertz CT molecular complexity index is 1030. The minimum absolute atomic E-state index is 0.0174. The smallest absolute Gasteiger partial charge is 0.311 e. The van der Waals surface area contributed by atoms with Crippen molar-refractivity contribution in [1.29, 1.82) is 0 Å². The highest BCUT2D eigenvalue weighted by Crippen LogP contribution is 2.37. The van der Waals surface area contributed by atoms with Crippen molar-refractivity contribution in [3.63, 3.8) is 0 Å². The third-order valence-corrected chi connectivity index (χ3v) is 5.56. The number of methoxy groups -OCH3 is 1. The van der Waals surface area contributed by atoms with Crippen LogP contribution in [-0.2, 0) is 11.3 Å². The second-order valence-corrected chi connectivity index (χ2v) is 7.48. The highest BCUT2D eigenvalue weighted by Gasteiger charge is 2.35. The Kier molecular flexibility index (Phi) is 5.93. The summed E-state index contributed by atoms with van der Waals surface area (Å²) in [5.41, 5.74) is 0.744. The van der Waals surface area contributed by atoms with Gasteiger partial charge in [0, 0.05) is 11.6 Å². The minimum atomic E-state index is -0.577. The molecular weight excluding hydrogens is 427 g/mol. The van der Waals surface area contributed by atoms with Gasteiger partial charge in [0.25, 0.3) is 11.1 Å². The maximum atomic E-state index is 12.7. The third kappa shape index (κ3) is 3.99. The van der Waals surface area contributed by atoms with Crippen LogP contribution in [0.1, 0.15) is 11.1 Å². The van der Waals surface area contributed by atoms with Crippen molar-refractivity contribution in [1.82, 2.24) is 4.90 Å². The van der Waals surface area contributed by atoms with Crippen molar-refractivity contribution in [2.24, 2.45) is 0 Å². The van der Waals surface area contributed by atoms with E-state index in [4.69, 9.17) is 27.9 Å². The van der Waals surface area contributed by atoms with Crippen LogP contribution in [0.5, 0.6) is 5.75 Å². The lowest BCUT2D eigenvalue weighted by Gasteiger charge is -2.13. The van der Waals surface area contributed by atoms with E-state index in [9.17, 15) is 19.7 Å². The maximum Gasteiger partial charge on any atom is 0.311 e. The van der Waals surface area contributed by atoms with Gasteiger partial charge in [-0.25, -0.2) is 0 Å². The number of thioether (sulfide) groups is 1. The molecule has 0 N–H and O–H groups in total. The Hall–Kier alpha value is -2.55. The highest BCUT2D eigenvalue weighted by molar-refractivity contribution is 8.18. The normalized spacial score (nSPS) is 15.4. The molecule has 2 aromatic rings. The predicted octanol–water partition coefficient (Wildman–Crippen LogP) is 5.15. The Morgan fingerprint density at radius 3 is 2.61 bits per heavy atom. The Balaban J connectivity index is 1.90. The van der Waals surface area contributed by atoms with E-state index in [1.807, 2.05) is 0 Å². The highest BCUT2D eigenvalue weighted by atomic mass is 35.5. The Morgan fingerprint density at radius 1 is 1.21 bits per heavy atom. The van der Waals surface area contributed by atoms with Gasteiger partial charge in [-0.3, -0.25) is 24.6 Å². The quantitative estimate of drug-likeness (QED) is 0.364. The summed E-state index contributed by atoms with van der Waals surface area (Å²) >= 11 is 12.6. The van der Waals surface area contributed by atoms with Crippen molar-refractivity contribution in [2.45, 2.75) is 6.54 Å². The van der Waals surface area contributed by atoms with Crippen LogP contribution in [0.25, 0.3) is 6.08 Å². The lowest BCUT2D eigenvalue weighted by Crippen LogP contribution is -2.27. The molecule has 0 unspecified atom stereocenters. The van der Waals surface area contributed by atoms with Crippen molar-refractivity contribution in [2.75, 3.05) is 7.11 Å². The lowest BCUT2D eigenvalue weighted by molar-refractivity contribution is -0.385. The molecule has 2 aromatic carbocycles. The first-order chi connectivity index (χ1) is 13.3. The SMILES string of the molecule is COc1c(/C=C2\SC(=O)N(Cc3ccc(Cl)c(Cl)c3)C2=O)cccc1[N+](=O)[O-]. The van der Waals surface area contributed by atoms with Crippen molar-refractivity contribution >= 4 is 57.9 Å². The Labute approximate surface area is 174 Å².